The van der Waals surface area contributed by atoms with Crippen LogP contribution in [-0.2, 0) is 20.9 Å². The number of carbonyl (C=O) groups is 3. The van der Waals surface area contributed by atoms with Gasteiger partial charge in [-0.25, -0.2) is 20.0 Å². The molecule has 2 heterocycles. The van der Waals surface area contributed by atoms with Gasteiger partial charge in [0.2, 0.25) is 5.91 Å². The number of fused-ring (bicyclic) bond motifs is 2. The third kappa shape index (κ3) is 2.57. The van der Waals surface area contributed by atoms with Crippen molar-refractivity contribution in [2.75, 3.05) is 5.32 Å². The number of rotatable bonds is 3. The van der Waals surface area contributed by atoms with Crippen molar-refractivity contribution in [1.82, 2.24) is 10.4 Å². The minimum atomic E-state index is -0.753. The minimum Gasteiger partial charge on any atom is -0.443 e. The molecule has 1 aliphatic carbocycles. The second-order valence-corrected chi connectivity index (χ2v) is 7.00. The van der Waals surface area contributed by atoms with E-state index in [9.17, 15) is 14.4 Å². The van der Waals surface area contributed by atoms with Gasteiger partial charge in [0.25, 0.3) is 0 Å². The molecule has 2 aliphatic heterocycles. The number of nitrogens with zero attached hydrogens (tertiary/aromatic N) is 1. The molecule has 2 N–H and O–H groups in total. The Bertz CT molecular complexity index is 977. The predicted molar refractivity (Wildman–Crippen MR) is 97.0 cm³/mol. The van der Waals surface area contributed by atoms with Crippen LogP contribution in [0.5, 0.6) is 0 Å². The SMILES string of the molecule is O=C(NN1C(=O)O[C@@H]2c3cccc4c3[C@H](C[C@@H]21)C(=O)N4)OCc1ccccc1. The van der Waals surface area contributed by atoms with Gasteiger partial charge in [0.1, 0.15) is 6.61 Å². The van der Waals surface area contributed by atoms with Crippen LogP contribution in [-0.4, -0.2) is 29.1 Å². The number of amides is 3. The van der Waals surface area contributed by atoms with Gasteiger partial charge >= 0.3 is 12.2 Å². The third-order valence-electron chi connectivity index (χ3n) is 5.38. The molecule has 0 radical (unpaired) electrons. The maximum atomic E-state index is 12.4. The van der Waals surface area contributed by atoms with E-state index in [2.05, 4.69) is 10.7 Å². The van der Waals surface area contributed by atoms with E-state index < -0.39 is 24.3 Å². The molecule has 2 aromatic carbocycles. The van der Waals surface area contributed by atoms with Crippen LogP contribution >= 0.6 is 0 Å². The van der Waals surface area contributed by atoms with E-state index in [-0.39, 0.29) is 18.4 Å². The number of nitrogens with one attached hydrogen (secondary N) is 2. The number of hydrogen-bond acceptors (Lipinski definition) is 5. The monoisotopic (exact) mass is 379 g/mol. The maximum absolute atomic E-state index is 12.4. The van der Waals surface area contributed by atoms with Crippen LogP contribution in [0.1, 0.15) is 35.1 Å². The highest BCUT2D eigenvalue weighted by atomic mass is 16.6. The summed E-state index contributed by atoms with van der Waals surface area (Å²) in [6.45, 7) is 0.0842. The van der Waals surface area contributed by atoms with Crippen molar-refractivity contribution in [3.63, 3.8) is 0 Å². The molecule has 8 nitrogen and oxygen atoms in total. The Kier molecular flexibility index (Phi) is 3.71. The molecule has 1 saturated heterocycles. The highest BCUT2D eigenvalue weighted by Gasteiger charge is 2.52. The van der Waals surface area contributed by atoms with Gasteiger partial charge < -0.3 is 14.8 Å². The summed E-state index contributed by atoms with van der Waals surface area (Å²) in [7, 11) is 0. The van der Waals surface area contributed by atoms with Gasteiger partial charge in [0.05, 0.1) is 12.0 Å². The van der Waals surface area contributed by atoms with Crippen LogP contribution in [0.25, 0.3) is 0 Å². The fourth-order valence-corrected chi connectivity index (χ4v) is 4.14. The zero-order valence-corrected chi connectivity index (χ0v) is 14.8. The Morgan fingerprint density at radius 3 is 2.82 bits per heavy atom. The summed E-state index contributed by atoms with van der Waals surface area (Å²) < 4.78 is 10.7. The van der Waals surface area contributed by atoms with Crippen molar-refractivity contribution in [2.24, 2.45) is 0 Å². The first-order valence-electron chi connectivity index (χ1n) is 9.02. The van der Waals surface area contributed by atoms with E-state index in [4.69, 9.17) is 9.47 Å². The highest BCUT2D eigenvalue weighted by molar-refractivity contribution is 6.04. The molecule has 0 spiro atoms. The molecule has 0 bridgehead atoms. The average Bonchev–Trinajstić information content (AvgIpc) is 3.20. The minimum absolute atomic E-state index is 0.0842. The fraction of sp³-hybridized carbons (Fsp3) is 0.250. The number of hydrazine groups is 1. The second-order valence-electron chi connectivity index (χ2n) is 7.00. The van der Waals surface area contributed by atoms with E-state index in [0.29, 0.717) is 6.42 Å². The molecule has 3 atom stereocenters. The Balaban J connectivity index is 1.33. The highest BCUT2D eigenvalue weighted by Crippen LogP contribution is 2.50. The predicted octanol–water partition coefficient (Wildman–Crippen LogP) is 2.83. The lowest BCUT2D eigenvalue weighted by atomic mass is 9.79. The van der Waals surface area contributed by atoms with E-state index >= 15 is 0 Å². The first kappa shape index (κ1) is 16.6. The first-order chi connectivity index (χ1) is 13.6. The van der Waals surface area contributed by atoms with E-state index in [1.807, 2.05) is 48.5 Å². The molecule has 0 aromatic heterocycles. The van der Waals surface area contributed by atoms with Gasteiger partial charge in [0, 0.05) is 11.3 Å². The number of anilines is 1. The quantitative estimate of drug-likeness (QED) is 0.855. The summed E-state index contributed by atoms with van der Waals surface area (Å²) in [5.74, 6) is -0.474. The molecular formula is C20H17N3O5. The summed E-state index contributed by atoms with van der Waals surface area (Å²) in [4.78, 5) is 36.9. The molecule has 28 heavy (non-hydrogen) atoms. The van der Waals surface area contributed by atoms with Crippen LogP contribution in [0, 0.1) is 0 Å². The van der Waals surface area contributed by atoms with E-state index in [0.717, 1.165) is 27.4 Å². The Morgan fingerprint density at radius 1 is 1.18 bits per heavy atom. The van der Waals surface area contributed by atoms with Crippen molar-refractivity contribution in [3.05, 3.63) is 65.2 Å². The van der Waals surface area contributed by atoms with Crippen molar-refractivity contribution in [3.8, 4) is 0 Å². The lowest BCUT2D eigenvalue weighted by Crippen LogP contribution is -2.49. The zero-order valence-electron chi connectivity index (χ0n) is 14.8. The smallest absolute Gasteiger partial charge is 0.429 e. The second kappa shape index (κ2) is 6.26. The largest absolute Gasteiger partial charge is 0.443 e. The lowest BCUT2D eigenvalue weighted by Gasteiger charge is -2.31. The van der Waals surface area contributed by atoms with Crippen LogP contribution in [0.3, 0.4) is 0 Å². The molecule has 0 saturated carbocycles. The van der Waals surface area contributed by atoms with E-state index in [1.165, 1.54) is 0 Å². The molecular weight excluding hydrogens is 362 g/mol. The van der Waals surface area contributed by atoms with Crippen LogP contribution in [0.2, 0.25) is 0 Å². The topological polar surface area (TPSA) is 97.0 Å². The fourth-order valence-electron chi connectivity index (χ4n) is 4.14. The third-order valence-corrected chi connectivity index (χ3v) is 5.38. The summed E-state index contributed by atoms with van der Waals surface area (Å²) >= 11 is 0. The normalized spacial score (nSPS) is 24.1. The van der Waals surface area contributed by atoms with Crippen LogP contribution in [0.15, 0.2) is 48.5 Å². The van der Waals surface area contributed by atoms with Crippen molar-refractivity contribution in [2.45, 2.75) is 31.1 Å². The first-order valence-corrected chi connectivity index (χ1v) is 9.02. The van der Waals surface area contributed by atoms with Gasteiger partial charge in [-0.05, 0) is 23.6 Å². The number of ether oxygens (including phenoxy) is 2. The van der Waals surface area contributed by atoms with E-state index in [1.54, 1.807) is 0 Å². The maximum Gasteiger partial charge on any atom is 0.429 e. The zero-order chi connectivity index (χ0) is 19.3. The number of carbonyl (C=O) groups excluding carboxylic acids is 3. The molecule has 3 aliphatic rings. The lowest BCUT2D eigenvalue weighted by molar-refractivity contribution is -0.117. The van der Waals surface area contributed by atoms with Crippen LogP contribution in [0.4, 0.5) is 15.3 Å². The molecule has 142 valence electrons. The van der Waals surface area contributed by atoms with Crippen molar-refractivity contribution in [1.29, 1.82) is 0 Å². The van der Waals surface area contributed by atoms with Crippen molar-refractivity contribution >= 4 is 23.8 Å². The summed E-state index contributed by atoms with van der Waals surface area (Å²) in [6, 6.07) is 14.3. The standard InChI is InChI=1S/C20H17N3O5/c24-18-13-9-15-17(12-7-4-8-14(21-18)16(12)13)28-20(26)23(15)22-19(25)27-10-11-5-2-1-3-6-11/h1-8,13,15,17H,9-10H2,(H,21,24)(H,22,25)/t13-,15-,17+/m0/s1. The molecule has 0 unspecified atom stereocenters. The molecule has 1 fully saturated rings. The molecule has 5 rings (SSSR count). The number of hydrogen-bond donors (Lipinski definition) is 2. The molecule has 3 amide bonds. The average molecular weight is 379 g/mol. The Morgan fingerprint density at radius 2 is 2.00 bits per heavy atom. The number of benzene rings is 2. The van der Waals surface area contributed by atoms with Crippen molar-refractivity contribution < 1.29 is 23.9 Å². The van der Waals surface area contributed by atoms with Gasteiger partial charge in [0.15, 0.2) is 6.10 Å². The van der Waals surface area contributed by atoms with Gasteiger partial charge in [-0.1, -0.05) is 42.5 Å². The Hall–Kier alpha value is -3.55. The molecule has 8 heteroatoms. The summed E-state index contributed by atoms with van der Waals surface area (Å²) in [6.07, 6.45) is -1.59. The summed E-state index contributed by atoms with van der Waals surface area (Å²) in [5.41, 5.74) is 5.75. The van der Waals surface area contributed by atoms with Gasteiger partial charge in [-0.3, -0.25) is 4.79 Å². The molecule has 2 aromatic rings. The van der Waals surface area contributed by atoms with Gasteiger partial charge in [-0.2, -0.15) is 0 Å². The summed E-state index contributed by atoms with van der Waals surface area (Å²) in [5, 5.41) is 4.00. The van der Waals surface area contributed by atoms with Gasteiger partial charge in [-0.15, -0.1) is 0 Å². The van der Waals surface area contributed by atoms with Crippen LogP contribution < -0.4 is 10.7 Å². The Labute approximate surface area is 160 Å².